The first kappa shape index (κ1) is 23.9. The van der Waals surface area contributed by atoms with Gasteiger partial charge in [0.25, 0.3) is 0 Å². The van der Waals surface area contributed by atoms with Gasteiger partial charge in [0.15, 0.2) is 0 Å². The van der Waals surface area contributed by atoms with Crippen LogP contribution in [0.4, 0.5) is 0 Å². The van der Waals surface area contributed by atoms with Gasteiger partial charge in [-0.15, -0.1) is 0 Å². The summed E-state index contributed by atoms with van der Waals surface area (Å²) in [5, 5.41) is 28.1. The average molecular weight is 345 g/mol. The highest BCUT2D eigenvalue weighted by Gasteiger charge is 2.17. The van der Waals surface area contributed by atoms with E-state index in [0.29, 0.717) is 0 Å². The van der Waals surface area contributed by atoms with Gasteiger partial charge in [-0.3, -0.25) is 0 Å². The van der Waals surface area contributed by atoms with E-state index < -0.39 is 0 Å². The van der Waals surface area contributed by atoms with Crippen molar-refractivity contribution >= 4 is 0 Å². The Morgan fingerprint density at radius 2 is 0.958 bits per heavy atom. The zero-order valence-corrected chi connectivity index (χ0v) is 16.8. The molecule has 24 heavy (non-hydrogen) atoms. The molecule has 0 fully saturated rings. The number of rotatable bonds is 16. The first-order chi connectivity index (χ1) is 11.2. The van der Waals surface area contributed by atoms with E-state index in [1.54, 1.807) is 0 Å². The molecule has 3 N–H and O–H groups in total. The van der Waals surface area contributed by atoms with E-state index in [9.17, 15) is 5.11 Å². The predicted octanol–water partition coefficient (Wildman–Crippen LogP) is 5.07. The Balaban J connectivity index is 3.52. The molecular formula is C21H44O3. The van der Waals surface area contributed by atoms with Crippen LogP contribution >= 0.6 is 0 Å². The molecule has 0 aliphatic rings. The summed E-state index contributed by atoms with van der Waals surface area (Å²) < 4.78 is 0. The van der Waals surface area contributed by atoms with Crippen molar-refractivity contribution in [1.82, 2.24) is 0 Å². The first-order valence-electron chi connectivity index (χ1n) is 10.1. The third-order valence-electron chi connectivity index (χ3n) is 5.36. The van der Waals surface area contributed by atoms with Crippen LogP contribution in [0.3, 0.4) is 0 Å². The van der Waals surface area contributed by atoms with Gasteiger partial charge in [-0.25, -0.2) is 0 Å². The molecule has 0 rings (SSSR count). The smallest absolute Gasteiger partial charge is 0.0540 e. The van der Waals surface area contributed by atoms with Crippen LogP contribution in [0.25, 0.3) is 0 Å². The molecule has 0 amide bonds. The van der Waals surface area contributed by atoms with Gasteiger partial charge in [0, 0.05) is 13.2 Å². The quantitative estimate of drug-likeness (QED) is 0.343. The lowest BCUT2D eigenvalue weighted by molar-refractivity contribution is 0.145. The molecule has 0 aliphatic carbocycles. The summed E-state index contributed by atoms with van der Waals surface area (Å²) in [5.41, 5.74) is 0.494. The fraction of sp³-hybridized carbons (Fsp3) is 1.00. The van der Waals surface area contributed by atoms with Crippen molar-refractivity contribution in [3.8, 4) is 0 Å². The van der Waals surface area contributed by atoms with E-state index in [-0.39, 0.29) is 30.1 Å². The predicted molar refractivity (Wildman–Crippen MR) is 103 cm³/mol. The summed E-state index contributed by atoms with van der Waals surface area (Å²) in [6.07, 6.45) is 12.8. The van der Waals surface area contributed by atoms with Gasteiger partial charge >= 0.3 is 0 Å². The lowest BCUT2D eigenvalue weighted by Gasteiger charge is -2.23. The van der Waals surface area contributed by atoms with Crippen molar-refractivity contribution in [1.29, 1.82) is 0 Å². The highest BCUT2D eigenvalue weighted by molar-refractivity contribution is 4.69. The van der Waals surface area contributed by atoms with Crippen LogP contribution in [0.1, 0.15) is 105 Å². The fourth-order valence-electron chi connectivity index (χ4n) is 3.32. The lowest BCUT2D eigenvalue weighted by atomic mass is 9.83. The zero-order chi connectivity index (χ0) is 18.5. The van der Waals surface area contributed by atoms with Gasteiger partial charge in [0.05, 0.1) is 6.10 Å². The van der Waals surface area contributed by atoms with Crippen molar-refractivity contribution in [2.24, 2.45) is 10.8 Å². The molecule has 0 aromatic heterocycles. The second-order valence-electron chi connectivity index (χ2n) is 9.13. The van der Waals surface area contributed by atoms with E-state index in [4.69, 9.17) is 10.2 Å². The first-order valence-corrected chi connectivity index (χ1v) is 10.1. The Hall–Kier alpha value is -0.120. The summed E-state index contributed by atoms with van der Waals surface area (Å²) in [7, 11) is 0. The summed E-state index contributed by atoms with van der Waals surface area (Å²) in [6.45, 7) is 9.45. The molecule has 0 saturated heterocycles. The summed E-state index contributed by atoms with van der Waals surface area (Å²) in [4.78, 5) is 0. The van der Waals surface area contributed by atoms with Crippen molar-refractivity contribution in [3.63, 3.8) is 0 Å². The molecule has 3 heteroatoms. The van der Waals surface area contributed by atoms with Crippen molar-refractivity contribution in [2.45, 2.75) is 111 Å². The average Bonchev–Trinajstić information content (AvgIpc) is 2.46. The standard InChI is InChI=1S/C21H44O3/c1-20(2,15-17-22)13-9-5-7-11-19(24)12-8-6-10-14-21(3,4)16-18-23/h19,22-24H,5-18H2,1-4H3. The molecular weight excluding hydrogens is 300 g/mol. The van der Waals surface area contributed by atoms with Crippen LogP contribution in [0, 0.1) is 10.8 Å². The summed E-state index contributed by atoms with van der Waals surface area (Å²) >= 11 is 0. The SMILES string of the molecule is CC(C)(CCO)CCCCCC(O)CCCCCC(C)(C)CCO. The van der Waals surface area contributed by atoms with Crippen molar-refractivity contribution in [3.05, 3.63) is 0 Å². The molecule has 0 atom stereocenters. The topological polar surface area (TPSA) is 60.7 Å². The third kappa shape index (κ3) is 14.2. The third-order valence-corrected chi connectivity index (χ3v) is 5.36. The Kier molecular flexibility index (Phi) is 13.1. The molecule has 3 nitrogen and oxygen atoms in total. The van der Waals surface area contributed by atoms with Gasteiger partial charge < -0.3 is 15.3 Å². The second-order valence-corrected chi connectivity index (χ2v) is 9.13. The molecule has 0 aromatic carbocycles. The molecule has 0 bridgehead atoms. The minimum absolute atomic E-state index is 0.138. The molecule has 0 aliphatic heterocycles. The van der Waals surface area contributed by atoms with Gasteiger partial charge in [0.2, 0.25) is 0 Å². The monoisotopic (exact) mass is 344 g/mol. The van der Waals surface area contributed by atoms with Crippen LogP contribution in [0.5, 0.6) is 0 Å². The molecule has 0 aromatic rings. The minimum Gasteiger partial charge on any atom is -0.396 e. The zero-order valence-electron chi connectivity index (χ0n) is 16.8. The maximum atomic E-state index is 10.1. The maximum absolute atomic E-state index is 10.1. The number of hydrogen-bond donors (Lipinski definition) is 3. The van der Waals surface area contributed by atoms with Crippen LogP contribution < -0.4 is 0 Å². The summed E-state index contributed by atoms with van der Waals surface area (Å²) in [5.74, 6) is 0. The Morgan fingerprint density at radius 1 is 0.583 bits per heavy atom. The highest BCUT2D eigenvalue weighted by Crippen LogP contribution is 2.28. The van der Waals surface area contributed by atoms with E-state index in [2.05, 4.69) is 27.7 Å². The van der Waals surface area contributed by atoms with Crippen LogP contribution in [0.15, 0.2) is 0 Å². The molecule has 146 valence electrons. The van der Waals surface area contributed by atoms with Crippen molar-refractivity contribution in [2.75, 3.05) is 13.2 Å². The molecule has 0 heterocycles. The second kappa shape index (κ2) is 13.1. The lowest BCUT2D eigenvalue weighted by Crippen LogP contribution is -2.13. The molecule has 0 saturated carbocycles. The highest BCUT2D eigenvalue weighted by atomic mass is 16.3. The number of aliphatic hydroxyl groups is 3. The molecule has 0 unspecified atom stereocenters. The van der Waals surface area contributed by atoms with E-state index in [1.165, 1.54) is 25.7 Å². The normalized spacial score (nSPS) is 13.0. The Labute approximate surface area is 150 Å². The minimum atomic E-state index is -0.138. The van der Waals surface area contributed by atoms with Crippen molar-refractivity contribution < 1.29 is 15.3 Å². The van der Waals surface area contributed by atoms with Gasteiger partial charge in [0.1, 0.15) is 0 Å². The van der Waals surface area contributed by atoms with E-state index in [0.717, 1.165) is 51.4 Å². The van der Waals surface area contributed by atoms with Gasteiger partial charge in [-0.1, -0.05) is 66.2 Å². The molecule has 0 radical (unpaired) electrons. The number of aliphatic hydroxyl groups excluding tert-OH is 3. The Morgan fingerprint density at radius 3 is 1.29 bits per heavy atom. The van der Waals surface area contributed by atoms with E-state index >= 15 is 0 Å². The van der Waals surface area contributed by atoms with Crippen LogP contribution in [-0.2, 0) is 0 Å². The van der Waals surface area contributed by atoms with E-state index in [1.807, 2.05) is 0 Å². The molecule has 0 spiro atoms. The number of hydrogen-bond acceptors (Lipinski definition) is 3. The number of unbranched alkanes of at least 4 members (excludes halogenated alkanes) is 4. The van der Waals surface area contributed by atoms with Gasteiger partial charge in [-0.05, 0) is 49.4 Å². The van der Waals surface area contributed by atoms with Gasteiger partial charge in [-0.2, -0.15) is 0 Å². The maximum Gasteiger partial charge on any atom is 0.0540 e. The largest absolute Gasteiger partial charge is 0.396 e. The van der Waals surface area contributed by atoms with Crippen LogP contribution in [0.2, 0.25) is 0 Å². The van der Waals surface area contributed by atoms with Crippen LogP contribution in [-0.4, -0.2) is 34.6 Å². The fourth-order valence-corrected chi connectivity index (χ4v) is 3.32. The summed E-state index contributed by atoms with van der Waals surface area (Å²) in [6, 6.07) is 0. The Bertz CT molecular complexity index is 259.